The largest absolute Gasteiger partial charge is 0.477 e. The van der Waals surface area contributed by atoms with Crippen LogP contribution in [0.3, 0.4) is 0 Å². The molecule has 0 aliphatic carbocycles. The molecule has 0 spiro atoms. The molecule has 142 valence electrons. The van der Waals surface area contributed by atoms with E-state index >= 15 is 0 Å². The van der Waals surface area contributed by atoms with Crippen LogP contribution in [0, 0.1) is 5.92 Å². The molecule has 6 nitrogen and oxygen atoms in total. The average molecular weight is 374 g/mol. The van der Waals surface area contributed by atoms with Gasteiger partial charge in [0.2, 0.25) is 5.88 Å². The van der Waals surface area contributed by atoms with Crippen LogP contribution in [0.5, 0.6) is 5.88 Å². The number of ether oxygens (including phenoxy) is 2. The van der Waals surface area contributed by atoms with E-state index in [1.807, 2.05) is 24.3 Å². The highest BCUT2D eigenvalue weighted by Gasteiger charge is 2.18. The quantitative estimate of drug-likeness (QED) is 0.752. The number of anilines is 1. The number of pyridine rings is 2. The summed E-state index contributed by atoms with van der Waals surface area (Å²) in [6.07, 6.45) is 5.85. The van der Waals surface area contributed by atoms with E-state index in [0.717, 1.165) is 59.6 Å². The standard InChI is InChI=1S/C22H22N4O2/c1-4-17-12-25-21(20(17)23-8-1)26-18-5-6-19-16(11-18)7-9-24-22(19)28-14-15-3-2-10-27-13-15/h1,4-9,11,15H,2-3,10,12-14H2,(H,25,26). The number of rotatable bonds is 4. The average Bonchev–Trinajstić information content (AvgIpc) is 3.16. The Balaban J connectivity index is 1.34. The molecule has 2 aliphatic heterocycles. The van der Waals surface area contributed by atoms with E-state index in [-0.39, 0.29) is 0 Å². The molecule has 1 aromatic carbocycles. The minimum absolute atomic E-state index is 0.444. The van der Waals surface area contributed by atoms with Crippen LogP contribution in [0.1, 0.15) is 24.1 Å². The molecule has 0 radical (unpaired) electrons. The normalized spacial score (nSPS) is 18.6. The first-order chi connectivity index (χ1) is 13.9. The summed E-state index contributed by atoms with van der Waals surface area (Å²) in [6.45, 7) is 2.96. The lowest BCUT2D eigenvalue weighted by Crippen LogP contribution is -2.23. The molecule has 6 heteroatoms. The molecule has 0 bridgehead atoms. The van der Waals surface area contributed by atoms with Crippen molar-refractivity contribution in [3.63, 3.8) is 0 Å². The van der Waals surface area contributed by atoms with Gasteiger partial charge in [-0.3, -0.25) is 9.98 Å². The topological polar surface area (TPSA) is 68.6 Å². The first-order valence-electron chi connectivity index (χ1n) is 9.72. The van der Waals surface area contributed by atoms with Crippen molar-refractivity contribution in [2.75, 3.05) is 25.1 Å². The third-order valence-electron chi connectivity index (χ3n) is 5.22. The molecule has 1 unspecified atom stereocenters. The monoisotopic (exact) mass is 374 g/mol. The highest BCUT2D eigenvalue weighted by Crippen LogP contribution is 2.28. The molecule has 1 atom stereocenters. The van der Waals surface area contributed by atoms with Crippen LogP contribution in [-0.2, 0) is 11.3 Å². The molecule has 3 aromatic rings. The maximum atomic E-state index is 6.03. The Labute approximate surface area is 163 Å². The smallest absolute Gasteiger partial charge is 0.221 e. The van der Waals surface area contributed by atoms with Crippen molar-refractivity contribution in [1.29, 1.82) is 0 Å². The van der Waals surface area contributed by atoms with Gasteiger partial charge in [-0.05, 0) is 48.6 Å². The highest BCUT2D eigenvalue weighted by atomic mass is 16.5. The van der Waals surface area contributed by atoms with Crippen molar-refractivity contribution in [3.8, 4) is 5.88 Å². The highest BCUT2D eigenvalue weighted by molar-refractivity contribution is 6.10. The van der Waals surface area contributed by atoms with Gasteiger partial charge in [-0.15, -0.1) is 0 Å². The minimum Gasteiger partial charge on any atom is -0.477 e. The van der Waals surface area contributed by atoms with Gasteiger partial charge in [0.05, 0.1) is 19.8 Å². The summed E-state index contributed by atoms with van der Waals surface area (Å²) >= 11 is 0. The Kier molecular flexibility index (Phi) is 4.62. The van der Waals surface area contributed by atoms with Gasteiger partial charge in [-0.2, -0.15) is 0 Å². The number of fused-ring (bicyclic) bond motifs is 2. The number of amidine groups is 1. The second kappa shape index (κ2) is 7.56. The third kappa shape index (κ3) is 3.43. The molecule has 1 N–H and O–H groups in total. The molecule has 2 aliphatic rings. The first-order valence-corrected chi connectivity index (χ1v) is 9.72. The third-order valence-corrected chi connectivity index (χ3v) is 5.22. The number of nitrogens with zero attached hydrogens (tertiary/aromatic N) is 3. The summed E-state index contributed by atoms with van der Waals surface area (Å²) in [5.41, 5.74) is 3.05. The van der Waals surface area contributed by atoms with Crippen LogP contribution >= 0.6 is 0 Å². The number of nitrogens with one attached hydrogen (secondary N) is 1. The van der Waals surface area contributed by atoms with Gasteiger partial charge in [0.25, 0.3) is 0 Å². The van der Waals surface area contributed by atoms with Crippen molar-refractivity contribution in [2.24, 2.45) is 10.9 Å². The maximum absolute atomic E-state index is 6.03. The number of benzene rings is 1. The molecular formula is C22H22N4O2. The zero-order chi connectivity index (χ0) is 18.8. The SMILES string of the molecule is c1cnc2c(c1)CN=C2Nc1ccc2c(OCC3CCCOC3)nccc2c1. The molecular weight excluding hydrogens is 352 g/mol. The molecule has 28 heavy (non-hydrogen) atoms. The molecule has 1 saturated heterocycles. The Morgan fingerprint density at radius 3 is 3.07 bits per heavy atom. The van der Waals surface area contributed by atoms with E-state index in [1.54, 1.807) is 12.4 Å². The zero-order valence-electron chi connectivity index (χ0n) is 15.6. The van der Waals surface area contributed by atoms with E-state index in [0.29, 0.717) is 24.9 Å². The van der Waals surface area contributed by atoms with Crippen molar-refractivity contribution in [3.05, 3.63) is 60.0 Å². The van der Waals surface area contributed by atoms with Gasteiger partial charge < -0.3 is 14.8 Å². The molecule has 4 heterocycles. The fraction of sp³-hybridized carbons (Fsp3) is 0.318. The van der Waals surface area contributed by atoms with Crippen LogP contribution in [0.2, 0.25) is 0 Å². The van der Waals surface area contributed by atoms with Gasteiger partial charge in [0.15, 0.2) is 5.84 Å². The fourth-order valence-corrected chi connectivity index (χ4v) is 3.73. The summed E-state index contributed by atoms with van der Waals surface area (Å²) in [6, 6.07) is 12.2. The Morgan fingerprint density at radius 1 is 1.14 bits per heavy atom. The number of aromatic nitrogens is 2. The van der Waals surface area contributed by atoms with Crippen LogP contribution in [0.25, 0.3) is 10.8 Å². The van der Waals surface area contributed by atoms with E-state index in [2.05, 4.69) is 32.4 Å². The molecule has 0 amide bonds. The van der Waals surface area contributed by atoms with Gasteiger partial charge >= 0.3 is 0 Å². The summed E-state index contributed by atoms with van der Waals surface area (Å²) < 4.78 is 11.6. The van der Waals surface area contributed by atoms with Crippen LogP contribution in [-0.4, -0.2) is 35.6 Å². The summed E-state index contributed by atoms with van der Waals surface area (Å²) in [4.78, 5) is 13.5. The molecule has 0 saturated carbocycles. The number of hydrogen-bond donors (Lipinski definition) is 1. The predicted octanol–water partition coefficient (Wildman–Crippen LogP) is 3.81. The van der Waals surface area contributed by atoms with Crippen molar-refractivity contribution in [2.45, 2.75) is 19.4 Å². The zero-order valence-corrected chi connectivity index (χ0v) is 15.6. The van der Waals surface area contributed by atoms with E-state index in [9.17, 15) is 0 Å². The van der Waals surface area contributed by atoms with E-state index < -0.39 is 0 Å². The summed E-state index contributed by atoms with van der Waals surface area (Å²) in [5.74, 6) is 1.94. The molecule has 1 fully saturated rings. The Morgan fingerprint density at radius 2 is 2.14 bits per heavy atom. The minimum atomic E-state index is 0.444. The van der Waals surface area contributed by atoms with E-state index in [1.165, 1.54) is 0 Å². The van der Waals surface area contributed by atoms with Gasteiger partial charge in [0, 0.05) is 41.6 Å². The second-order valence-electron chi connectivity index (χ2n) is 7.25. The summed E-state index contributed by atoms with van der Waals surface area (Å²) in [7, 11) is 0. The lowest BCUT2D eigenvalue weighted by Gasteiger charge is -2.22. The summed E-state index contributed by atoms with van der Waals surface area (Å²) in [5, 5.41) is 5.49. The van der Waals surface area contributed by atoms with Crippen LogP contribution in [0.15, 0.2) is 53.8 Å². The lowest BCUT2D eigenvalue weighted by atomic mass is 10.0. The van der Waals surface area contributed by atoms with Crippen molar-refractivity contribution in [1.82, 2.24) is 9.97 Å². The first kappa shape index (κ1) is 17.1. The van der Waals surface area contributed by atoms with Gasteiger partial charge in [-0.25, -0.2) is 4.98 Å². The fourth-order valence-electron chi connectivity index (χ4n) is 3.73. The Bertz CT molecular complexity index is 1030. The van der Waals surface area contributed by atoms with E-state index in [4.69, 9.17) is 9.47 Å². The number of aliphatic imine (C=N–C) groups is 1. The van der Waals surface area contributed by atoms with Crippen molar-refractivity contribution < 1.29 is 9.47 Å². The van der Waals surface area contributed by atoms with Crippen molar-refractivity contribution >= 4 is 22.3 Å². The van der Waals surface area contributed by atoms with Crippen LogP contribution < -0.4 is 10.1 Å². The van der Waals surface area contributed by atoms with Gasteiger partial charge in [0.1, 0.15) is 5.69 Å². The van der Waals surface area contributed by atoms with Gasteiger partial charge in [-0.1, -0.05) is 6.07 Å². The second-order valence-corrected chi connectivity index (χ2v) is 7.25. The molecule has 2 aromatic heterocycles. The van der Waals surface area contributed by atoms with Crippen LogP contribution in [0.4, 0.5) is 5.69 Å². The Hall–Kier alpha value is -2.99. The lowest BCUT2D eigenvalue weighted by molar-refractivity contribution is 0.0347. The predicted molar refractivity (Wildman–Crippen MR) is 109 cm³/mol. The molecule has 5 rings (SSSR count). The number of hydrogen-bond acceptors (Lipinski definition) is 6. The maximum Gasteiger partial charge on any atom is 0.221 e.